The molecule has 3 heterocycles. The van der Waals surface area contributed by atoms with E-state index in [0.29, 0.717) is 24.4 Å². The van der Waals surface area contributed by atoms with Gasteiger partial charge in [0.1, 0.15) is 5.76 Å². The SMILES string of the molecule is Cc1cc(CC(=O)N(Cc2ccsc2)C2CC23CCNCC3)no1.Cl. The average molecular weight is 382 g/mol. The van der Waals surface area contributed by atoms with Crippen LogP contribution in [0.15, 0.2) is 27.4 Å². The molecule has 1 aliphatic heterocycles. The number of nitrogens with one attached hydrogen (secondary N) is 1. The average Bonchev–Trinajstić information content (AvgIpc) is 2.96. The van der Waals surface area contributed by atoms with Gasteiger partial charge in [-0.25, -0.2) is 0 Å². The topological polar surface area (TPSA) is 58.4 Å². The monoisotopic (exact) mass is 381 g/mol. The number of thiophene rings is 1. The number of halogens is 1. The van der Waals surface area contributed by atoms with E-state index >= 15 is 0 Å². The summed E-state index contributed by atoms with van der Waals surface area (Å²) < 4.78 is 5.11. The van der Waals surface area contributed by atoms with Crippen LogP contribution in [0.5, 0.6) is 0 Å². The summed E-state index contributed by atoms with van der Waals surface area (Å²) in [6.07, 6.45) is 3.82. The van der Waals surface area contributed by atoms with Crippen LogP contribution in [0.4, 0.5) is 0 Å². The van der Waals surface area contributed by atoms with Crippen LogP contribution in [0, 0.1) is 12.3 Å². The number of carbonyl (C=O) groups is 1. The molecule has 2 aromatic rings. The summed E-state index contributed by atoms with van der Waals surface area (Å²) in [7, 11) is 0. The van der Waals surface area contributed by atoms with Gasteiger partial charge in [0.2, 0.25) is 5.91 Å². The third-order valence-corrected chi connectivity index (χ3v) is 6.12. The highest BCUT2D eigenvalue weighted by Crippen LogP contribution is 2.56. The van der Waals surface area contributed by atoms with E-state index in [1.54, 1.807) is 11.3 Å². The van der Waals surface area contributed by atoms with Gasteiger partial charge < -0.3 is 14.7 Å². The zero-order valence-corrected chi connectivity index (χ0v) is 16.0. The molecule has 4 rings (SSSR count). The van der Waals surface area contributed by atoms with Gasteiger partial charge in [0, 0.05) is 18.7 Å². The van der Waals surface area contributed by atoms with Crippen LogP contribution in [-0.4, -0.2) is 35.1 Å². The second kappa shape index (κ2) is 7.48. The molecule has 1 saturated carbocycles. The molecule has 1 atom stereocenters. The van der Waals surface area contributed by atoms with Gasteiger partial charge in [-0.15, -0.1) is 12.4 Å². The molecule has 25 heavy (non-hydrogen) atoms. The van der Waals surface area contributed by atoms with Crippen molar-refractivity contribution in [2.45, 2.75) is 45.2 Å². The number of hydrogen-bond donors (Lipinski definition) is 1. The summed E-state index contributed by atoms with van der Waals surface area (Å²) in [5, 5.41) is 11.6. The maximum absolute atomic E-state index is 13.0. The molecule has 1 spiro atoms. The van der Waals surface area contributed by atoms with Gasteiger partial charge >= 0.3 is 0 Å². The van der Waals surface area contributed by atoms with E-state index in [1.807, 2.05) is 13.0 Å². The molecule has 7 heteroatoms. The molecule has 1 N–H and O–H groups in total. The van der Waals surface area contributed by atoms with Crippen LogP contribution in [0.1, 0.15) is 36.3 Å². The highest BCUT2D eigenvalue weighted by atomic mass is 35.5. The second-order valence-corrected chi connectivity index (χ2v) is 7.87. The number of piperidine rings is 1. The van der Waals surface area contributed by atoms with Crippen LogP contribution >= 0.6 is 23.7 Å². The fourth-order valence-corrected chi connectivity index (χ4v) is 4.60. The molecule has 2 aliphatic rings. The molecule has 136 valence electrons. The molecule has 0 radical (unpaired) electrons. The minimum atomic E-state index is 0. The van der Waals surface area contributed by atoms with Crippen molar-refractivity contribution < 1.29 is 9.32 Å². The molecule has 1 aliphatic carbocycles. The zero-order valence-electron chi connectivity index (χ0n) is 14.4. The Morgan fingerprint density at radius 2 is 2.28 bits per heavy atom. The first kappa shape index (κ1) is 18.4. The second-order valence-electron chi connectivity index (χ2n) is 7.09. The van der Waals surface area contributed by atoms with Crippen LogP contribution in [-0.2, 0) is 17.8 Å². The Labute approximate surface area is 158 Å². The minimum absolute atomic E-state index is 0. The van der Waals surface area contributed by atoms with E-state index in [-0.39, 0.29) is 18.3 Å². The Morgan fingerprint density at radius 1 is 1.48 bits per heavy atom. The lowest BCUT2D eigenvalue weighted by molar-refractivity contribution is -0.132. The van der Waals surface area contributed by atoms with Gasteiger partial charge in [-0.1, -0.05) is 5.16 Å². The molecule has 2 aromatic heterocycles. The Bertz CT molecular complexity index is 710. The van der Waals surface area contributed by atoms with Crippen LogP contribution in [0.3, 0.4) is 0 Å². The van der Waals surface area contributed by atoms with Crippen LogP contribution in [0.2, 0.25) is 0 Å². The number of hydrogen-bond acceptors (Lipinski definition) is 5. The molecule has 1 amide bonds. The zero-order chi connectivity index (χ0) is 16.6. The largest absolute Gasteiger partial charge is 0.361 e. The normalized spacial score (nSPS) is 20.9. The lowest BCUT2D eigenvalue weighted by atomic mass is 9.93. The van der Waals surface area contributed by atoms with Gasteiger partial charge in [-0.05, 0) is 67.1 Å². The van der Waals surface area contributed by atoms with Crippen molar-refractivity contribution in [3.05, 3.63) is 39.9 Å². The maximum atomic E-state index is 13.0. The van der Waals surface area contributed by atoms with Gasteiger partial charge in [0.05, 0.1) is 12.1 Å². The summed E-state index contributed by atoms with van der Waals surface area (Å²) in [5.41, 5.74) is 2.30. The highest BCUT2D eigenvalue weighted by Gasteiger charge is 2.57. The molecule has 1 saturated heterocycles. The Hall–Kier alpha value is -1.37. The quantitative estimate of drug-likeness (QED) is 0.864. The van der Waals surface area contributed by atoms with Crippen molar-refractivity contribution in [3.63, 3.8) is 0 Å². The van der Waals surface area contributed by atoms with Crippen LogP contribution < -0.4 is 5.32 Å². The van der Waals surface area contributed by atoms with Crippen molar-refractivity contribution >= 4 is 29.7 Å². The van der Waals surface area contributed by atoms with Gasteiger partial charge in [-0.2, -0.15) is 11.3 Å². The number of nitrogens with zero attached hydrogens (tertiary/aromatic N) is 2. The van der Waals surface area contributed by atoms with Gasteiger partial charge in [-0.3, -0.25) is 4.79 Å². The molecule has 2 fully saturated rings. The Kier molecular flexibility index (Phi) is 5.51. The van der Waals surface area contributed by atoms with E-state index in [1.165, 1.54) is 18.4 Å². The summed E-state index contributed by atoms with van der Waals surface area (Å²) in [6.45, 7) is 4.70. The van der Waals surface area contributed by atoms with Crippen molar-refractivity contribution in [2.24, 2.45) is 5.41 Å². The highest BCUT2D eigenvalue weighted by molar-refractivity contribution is 7.07. The van der Waals surface area contributed by atoms with Gasteiger partial charge in [0.25, 0.3) is 0 Å². The van der Waals surface area contributed by atoms with E-state index in [0.717, 1.165) is 31.0 Å². The first-order valence-electron chi connectivity index (χ1n) is 8.60. The van der Waals surface area contributed by atoms with Crippen molar-refractivity contribution in [3.8, 4) is 0 Å². The molecular formula is C18H24ClN3O2S. The van der Waals surface area contributed by atoms with Crippen molar-refractivity contribution in [1.29, 1.82) is 0 Å². The first-order chi connectivity index (χ1) is 11.7. The maximum Gasteiger partial charge on any atom is 0.229 e. The number of carbonyl (C=O) groups excluding carboxylic acids is 1. The standard InChI is InChI=1S/C18H23N3O2S.ClH/c1-13-8-15(20-23-13)9-17(22)21(11-14-2-7-24-12-14)16-10-18(16)3-5-19-6-4-18;/h2,7-8,12,16,19H,3-6,9-11H2,1H3;1H. The lowest BCUT2D eigenvalue weighted by Crippen LogP contribution is -2.39. The van der Waals surface area contributed by atoms with Crippen molar-refractivity contribution in [1.82, 2.24) is 15.4 Å². The van der Waals surface area contributed by atoms with Crippen LogP contribution in [0.25, 0.3) is 0 Å². The minimum Gasteiger partial charge on any atom is -0.361 e. The van der Waals surface area contributed by atoms with E-state index in [4.69, 9.17) is 4.52 Å². The van der Waals surface area contributed by atoms with E-state index in [2.05, 4.69) is 32.2 Å². The smallest absolute Gasteiger partial charge is 0.229 e. The summed E-state index contributed by atoms with van der Waals surface area (Å²) in [6, 6.07) is 4.34. The number of amides is 1. The van der Waals surface area contributed by atoms with Crippen molar-refractivity contribution in [2.75, 3.05) is 13.1 Å². The third kappa shape index (κ3) is 3.91. The first-order valence-corrected chi connectivity index (χ1v) is 9.54. The molecule has 1 unspecified atom stereocenters. The van der Waals surface area contributed by atoms with E-state index < -0.39 is 0 Å². The third-order valence-electron chi connectivity index (χ3n) is 5.38. The summed E-state index contributed by atoms with van der Waals surface area (Å²) in [5.74, 6) is 0.915. The number of rotatable bonds is 5. The molecule has 5 nitrogen and oxygen atoms in total. The fraction of sp³-hybridized carbons (Fsp3) is 0.556. The number of aryl methyl sites for hydroxylation is 1. The Morgan fingerprint density at radius 3 is 2.92 bits per heavy atom. The molecule has 0 bridgehead atoms. The number of aromatic nitrogens is 1. The fourth-order valence-electron chi connectivity index (χ4n) is 3.94. The van der Waals surface area contributed by atoms with E-state index in [9.17, 15) is 4.79 Å². The molecular weight excluding hydrogens is 358 g/mol. The lowest BCUT2D eigenvalue weighted by Gasteiger charge is -2.29. The van der Waals surface area contributed by atoms with Gasteiger partial charge in [0.15, 0.2) is 0 Å². The predicted molar refractivity (Wildman–Crippen MR) is 100 cm³/mol. The predicted octanol–water partition coefficient (Wildman–Crippen LogP) is 3.18. The summed E-state index contributed by atoms with van der Waals surface area (Å²) >= 11 is 1.68. The Balaban J connectivity index is 0.00000182. The molecule has 0 aromatic carbocycles. The summed E-state index contributed by atoms with van der Waals surface area (Å²) in [4.78, 5) is 15.1.